The Labute approximate surface area is 56.3 Å². The van der Waals surface area contributed by atoms with Gasteiger partial charge in [0, 0.05) is 24.1 Å². The molecule has 1 heterocycles. The second-order valence-corrected chi connectivity index (χ2v) is 3.47. The van der Waals surface area contributed by atoms with Gasteiger partial charge in [0.15, 0.2) is 0 Å². The van der Waals surface area contributed by atoms with Crippen molar-refractivity contribution in [1.29, 1.82) is 0 Å². The molecule has 0 amide bonds. The van der Waals surface area contributed by atoms with Gasteiger partial charge in [-0.3, -0.25) is 0 Å². The molecule has 0 fully saturated rings. The molecule has 1 rings (SSSR count). The van der Waals surface area contributed by atoms with Crippen LogP contribution in [0.3, 0.4) is 0 Å². The van der Waals surface area contributed by atoms with E-state index < -0.39 is 0 Å². The monoisotopic (exact) mass is 126 g/mol. The van der Waals surface area contributed by atoms with Crippen molar-refractivity contribution in [3.8, 4) is 0 Å². The summed E-state index contributed by atoms with van der Waals surface area (Å²) >= 11 is 0. The number of hydrogen-bond donors (Lipinski definition) is 1. The summed E-state index contributed by atoms with van der Waals surface area (Å²) in [5.41, 5.74) is 4.53. The van der Waals surface area contributed by atoms with Crippen LogP contribution in [0, 0.1) is 5.41 Å². The van der Waals surface area contributed by atoms with Crippen LogP contribution >= 0.6 is 0 Å². The van der Waals surface area contributed by atoms with Crippen LogP contribution in [0.5, 0.6) is 0 Å². The summed E-state index contributed by atoms with van der Waals surface area (Å²) in [5, 5.41) is 4.17. The fraction of sp³-hybridized carbons (Fsp3) is 0.857. The zero-order valence-electron chi connectivity index (χ0n) is 6.36. The first-order chi connectivity index (χ1) is 4.11. The van der Waals surface area contributed by atoms with Gasteiger partial charge in [-0.15, -0.1) is 0 Å². The molecule has 1 N–H and O–H groups in total. The van der Waals surface area contributed by atoms with Crippen LogP contribution in [0.1, 0.15) is 27.2 Å². The maximum absolute atomic E-state index is 4.17. The Morgan fingerprint density at radius 3 is 2.33 bits per heavy atom. The zero-order chi connectivity index (χ0) is 6.91. The van der Waals surface area contributed by atoms with Crippen LogP contribution < -0.4 is 5.43 Å². The average Bonchev–Trinajstić information content (AvgIpc) is 2.08. The van der Waals surface area contributed by atoms with Crippen molar-refractivity contribution in [2.45, 2.75) is 27.2 Å². The van der Waals surface area contributed by atoms with Crippen LogP contribution in [0.25, 0.3) is 0 Å². The van der Waals surface area contributed by atoms with Crippen molar-refractivity contribution in [1.82, 2.24) is 5.43 Å². The van der Waals surface area contributed by atoms with Gasteiger partial charge in [-0.1, -0.05) is 20.8 Å². The highest BCUT2D eigenvalue weighted by Crippen LogP contribution is 2.19. The summed E-state index contributed by atoms with van der Waals surface area (Å²) < 4.78 is 0. The number of rotatable bonds is 0. The summed E-state index contributed by atoms with van der Waals surface area (Å²) in [5.74, 6) is 0. The molecule has 0 spiro atoms. The quantitative estimate of drug-likeness (QED) is 0.521. The first kappa shape index (κ1) is 6.59. The normalized spacial score (nSPS) is 19.2. The number of hydrogen-bond acceptors (Lipinski definition) is 2. The van der Waals surface area contributed by atoms with Crippen molar-refractivity contribution in [3.63, 3.8) is 0 Å². The molecule has 0 aromatic carbocycles. The lowest BCUT2D eigenvalue weighted by Crippen LogP contribution is -2.17. The lowest BCUT2D eigenvalue weighted by atomic mass is 9.89. The lowest BCUT2D eigenvalue weighted by Gasteiger charge is -2.16. The van der Waals surface area contributed by atoms with Crippen molar-refractivity contribution in [2.75, 3.05) is 6.54 Å². The molecule has 0 bridgehead atoms. The van der Waals surface area contributed by atoms with Gasteiger partial charge in [0.1, 0.15) is 0 Å². The van der Waals surface area contributed by atoms with E-state index in [2.05, 4.69) is 31.3 Å². The Balaban J connectivity index is 2.61. The van der Waals surface area contributed by atoms with Crippen LogP contribution in [-0.4, -0.2) is 12.3 Å². The van der Waals surface area contributed by atoms with Gasteiger partial charge in [-0.25, -0.2) is 0 Å². The van der Waals surface area contributed by atoms with Gasteiger partial charge in [0.05, 0.1) is 0 Å². The molecule has 0 radical (unpaired) electrons. The molecule has 0 unspecified atom stereocenters. The number of nitrogens with zero attached hydrogens (tertiary/aromatic N) is 1. The summed E-state index contributed by atoms with van der Waals surface area (Å²) in [6, 6.07) is 0. The molecule has 0 aliphatic carbocycles. The largest absolute Gasteiger partial charge is 0.310 e. The van der Waals surface area contributed by atoms with Crippen molar-refractivity contribution < 1.29 is 0 Å². The molecule has 0 saturated carbocycles. The van der Waals surface area contributed by atoms with E-state index >= 15 is 0 Å². The minimum Gasteiger partial charge on any atom is -0.310 e. The molecule has 0 aromatic heterocycles. The third-order valence-corrected chi connectivity index (χ3v) is 1.55. The maximum Gasteiger partial charge on any atom is 0.0449 e. The van der Waals surface area contributed by atoms with E-state index in [-0.39, 0.29) is 5.41 Å². The lowest BCUT2D eigenvalue weighted by molar-refractivity contribution is 0.583. The smallest absolute Gasteiger partial charge is 0.0449 e. The highest BCUT2D eigenvalue weighted by Gasteiger charge is 2.20. The number of nitrogens with one attached hydrogen (secondary N) is 1. The molecule has 0 aromatic rings. The first-order valence-electron chi connectivity index (χ1n) is 3.40. The van der Waals surface area contributed by atoms with Crippen molar-refractivity contribution in [2.24, 2.45) is 10.5 Å². The van der Waals surface area contributed by atoms with E-state index in [4.69, 9.17) is 0 Å². The minimum absolute atomic E-state index is 0.267. The van der Waals surface area contributed by atoms with Gasteiger partial charge in [-0.05, 0) is 0 Å². The van der Waals surface area contributed by atoms with Gasteiger partial charge in [0.25, 0.3) is 0 Å². The second kappa shape index (κ2) is 2.01. The Hall–Kier alpha value is -0.530. The topological polar surface area (TPSA) is 24.4 Å². The predicted molar refractivity (Wildman–Crippen MR) is 39.5 cm³/mol. The Bertz CT molecular complexity index is 130. The first-order valence-corrected chi connectivity index (χ1v) is 3.40. The molecule has 1 aliphatic heterocycles. The van der Waals surface area contributed by atoms with E-state index in [0.717, 1.165) is 13.0 Å². The third kappa shape index (κ3) is 1.44. The van der Waals surface area contributed by atoms with Gasteiger partial charge < -0.3 is 5.43 Å². The summed E-state index contributed by atoms with van der Waals surface area (Å²) in [4.78, 5) is 0. The number of hydrazone groups is 1. The van der Waals surface area contributed by atoms with E-state index in [1.165, 1.54) is 5.71 Å². The van der Waals surface area contributed by atoms with Crippen LogP contribution in [0.4, 0.5) is 0 Å². The standard InChI is InChI=1S/C7H14N2/c1-7(2,3)6-4-5-8-9-6/h8H,4-5H2,1-3H3. The van der Waals surface area contributed by atoms with E-state index in [0.29, 0.717) is 0 Å². The maximum atomic E-state index is 4.17. The van der Waals surface area contributed by atoms with Crippen molar-refractivity contribution >= 4 is 5.71 Å². The van der Waals surface area contributed by atoms with E-state index in [1.807, 2.05) is 0 Å². The molecule has 2 heteroatoms. The minimum atomic E-state index is 0.267. The highest BCUT2D eigenvalue weighted by molar-refractivity contribution is 5.90. The van der Waals surface area contributed by atoms with Crippen LogP contribution in [-0.2, 0) is 0 Å². The Morgan fingerprint density at radius 2 is 2.11 bits per heavy atom. The molecular weight excluding hydrogens is 112 g/mol. The molecule has 2 nitrogen and oxygen atoms in total. The van der Waals surface area contributed by atoms with E-state index in [1.54, 1.807) is 0 Å². The van der Waals surface area contributed by atoms with Gasteiger partial charge >= 0.3 is 0 Å². The SMILES string of the molecule is CC(C)(C)C1=NNCC1. The molecular formula is C7H14N2. The Kier molecular flexibility index (Phi) is 1.47. The molecule has 52 valence electrons. The molecule has 9 heavy (non-hydrogen) atoms. The zero-order valence-corrected chi connectivity index (χ0v) is 6.36. The molecule has 0 atom stereocenters. The third-order valence-electron chi connectivity index (χ3n) is 1.55. The molecule has 1 aliphatic rings. The summed E-state index contributed by atoms with van der Waals surface area (Å²) in [7, 11) is 0. The summed E-state index contributed by atoms with van der Waals surface area (Å²) in [6.07, 6.45) is 1.11. The fourth-order valence-electron chi connectivity index (χ4n) is 0.924. The molecule has 0 saturated heterocycles. The second-order valence-electron chi connectivity index (χ2n) is 3.47. The van der Waals surface area contributed by atoms with Crippen LogP contribution in [0.15, 0.2) is 5.10 Å². The van der Waals surface area contributed by atoms with Crippen molar-refractivity contribution in [3.05, 3.63) is 0 Å². The highest BCUT2D eigenvalue weighted by atomic mass is 15.3. The fourth-order valence-corrected chi connectivity index (χ4v) is 0.924. The average molecular weight is 126 g/mol. The Morgan fingerprint density at radius 1 is 1.44 bits per heavy atom. The van der Waals surface area contributed by atoms with Gasteiger partial charge in [0.2, 0.25) is 0 Å². The predicted octanol–water partition coefficient (Wildman–Crippen LogP) is 1.38. The van der Waals surface area contributed by atoms with Gasteiger partial charge in [-0.2, -0.15) is 5.10 Å². The summed E-state index contributed by atoms with van der Waals surface area (Å²) in [6.45, 7) is 7.60. The van der Waals surface area contributed by atoms with Crippen LogP contribution in [0.2, 0.25) is 0 Å². The van der Waals surface area contributed by atoms with E-state index in [9.17, 15) is 0 Å².